The molecular formula is C30H40N4O5. The SMILES string of the molecule is O=C(O)CNC(=O)Cn1c(=O)n(C2CC3CCCCC2CN3C2CC3CCCC(C3)C2)c(=O)c2ccccc21. The summed E-state index contributed by atoms with van der Waals surface area (Å²) in [5.74, 6) is 0.198. The van der Waals surface area contributed by atoms with Crippen LogP contribution < -0.4 is 16.6 Å². The smallest absolute Gasteiger partial charge is 0.332 e. The first-order valence-electron chi connectivity index (χ1n) is 14.9. The number of hydrogen-bond acceptors (Lipinski definition) is 5. The van der Waals surface area contributed by atoms with E-state index in [-0.39, 0.29) is 24.1 Å². The monoisotopic (exact) mass is 536 g/mol. The molecule has 5 aliphatic rings. The number of para-hydroxylation sites is 1. The van der Waals surface area contributed by atoms with Crippen molar-refractivity contribution in [2.45, 2.75) is 95.3 Å². The van der Waals surface area contributed by atoms with Crippen molar-refractivity contribution in [1.29, 1.82) is 0 Å². The Bertz CT molecular complexity index is 1350. The molecule has 1 aromatic carbocycles. The van der Waals surface area contributed by atoms with Crippen LogP contribution in [0.5, 0.6) is 0 Å². The summed E-state index contributed by atoms with van der Waals surface area (Å²) in [4.78, 5) is 54.1. The zero-order valence-electron chi connectivity index (χ0n) is 22.6. The number of carboxylic acids is 1. The third kappa shape index (κ3) is 5.17. The number of carbonyl (C=O) groups excluding carboxylic acids is 1. The fourth-order valence-corrected chi connectivity index (χ4v) is 8.39. The summed E-state index contributed by atoms with van der Waals surface area (Å²) >= 11 is 0. The summed E-state index contributed by atoms with van der Waals surface area (Å²) in [6.07, 6.45) is 13.3. The van der Waals surface area contributed by atoms with E-state index in [1.54, 1.807) is 24.3 Å². The fourth-order valence-electron chi connectivity index (χ4n) is 8.39. The molecule has 2 aromatic rings. The van der Waals surface area contributed by atoms with E-state index in [4.69, 9.17) is 5.11 Å². The summed E-state index contributed by atoms with van der Waals surface area (Å²) in [7, 11) is 0. The molecule has 39 heavy (non-hydrogen) atoms. The number of piperidine rings is 1. The number of amides is 1. The lowest BCUT2D eigenvalue weighted by Crippen LogP contribution is -2.57. The minimum Gasteiger partial charge on any atom is -0.480 e. The number of rotatable bonds is 6. The molecule has 4 bridgehead atoms. The van der Waals surface area contributed by atoms with Crippen molar-refractivity contribution in [3.05, 3.63) is 45.1 Å². The van der Waals surface area contributed by atoms with Gasteiger partial charge in [-0.3, -0.25) is 28.4 Å². The van der Waals surface area contributed by atoms with Crippen molar-refractivity contribution in [2.24, 2.45) is 17.8 Å². The number of hydrogen-bond donors (Lipinski definition) is 2. The number of carbonyl (C=O) groups is 2. The van der Waals surface area contributed by atoms with Crippen LogP contribution in [0.1, 0.15) is 76.7 Å². The molecule has 5 atom stereocenters. The van der Waals surface area contributed by atoms with Crippen LogP contribution in [0.2, 0.25) is 0 Å². The topological polar surface area (TPSA) is 114 Å². The van der Waals surface area contributed by atoms with Crippen molar-refractivity contribution in [3.8, 4) is 0 Å². The van der Waals surface area contributed by atoms with Crippen molar-refractivity contribution < 1.29 is 14.7 Å². The number of fused-ring (bicyclic) bond motifs is 8. The molecule has 5 fully saturated rings. The Balaban J connectivity index is 1.34. The van der Waals surface area contributed by atoms with Crippen molar-refractivity contribution in [2.75, 3.05) is 13.1 Å². The lowest BCUT2D eigenvalue weighted by Gasteiger charge is -2.52. The largest absolute Gasteiger partial charge is 0.480 e. The van der Waals surface area contributed by atoms with Crippen LogP contribution >= 0.6 is 0 Å². The lowest BCUT2D eigenvalue weighted by molar-refractivity contribution is -0.138. The van der Waals surface area contributed by atoms with Crippen molar-refractivity contribution in [3.63, 3.8) is 0 Å². The third-order valence-electron chi connectivity index (χ3n) is 10.1. The highest BCUT2D eigenvalue weighted by molar-refractivity contribution is 5.83. The van der Waals surface area contributed by atoms with Crippen LogP contribution in [0.25, 0.3) is 10.9 Å². The van der Waals surface area contributed by atoms with E-state index in [1.165, 1.54) is 54.1 Å². The maximum Gasteiger partial charge on any atom is 0.332 e. The molecule has 2 N–H and O–H groups in total. The normalized spacial score (nSPS) is 31.0. The van der Waals surface area contributed by atoms with Crippen LogP contribution in [0.15, 0.2) is 33.9 Å². The number of aliphatic carboxylic acids is 1. The van der Waals surface area contributed by atoms with Gasteiger partial charge in [-0.25, -0.2) is 4.79 Å². The van der Waals surface area contributed by atoms with E-state index in [0.717, 1.165) is 44.1 Å². The number of nitrogens with zero attached hydrogens (tertiary/aromatic N) is 3. The Morgan fingerprint density at radius 2 is 1.64 bits per heavy atom. The molecule has 3 saturated carbocycles. The predicted molar refractivity (Wildman–Crippen MR) is 148 cm³/mol. The van der Waals surface area contributed by atoms with E-state index in [9.17, 15) is 19.2 Å². The van der Waals surface area contributed by atoms with Gasteiger partial charge in [0.1, 0.15) is 13.1 Å². The summed E-state index contributed by atoms with van der Waals surface area (Å²) in [6.45, 7) is 0.0815. The maximum atomic E-state index is 14.0. The van der Waals surface area contributed by atoms with Gasteiger partial charge in [0, 0.05) is 24.7 Å². The minimum atomic E-state index is -1.15. The molecule has 5 unspecified atom stereocenters. The molecule has 1 amide bonds. The molecular weight excluding hydrogens is 496 g/mol. The van der Waals surface area contributed by atoms with Gasteiger partial charge in [-0.2, -0.15) is 0 Å². The summed E-state index contributed by atoms with van der Waals surface area (Å²) in [5, 5.41) is 11.7. The third-order valence-corrected chi connectivity index (χ3v) is 10.1. The first kappa shape index (κ1) is 26.3. The van der Waals surface area contributed by atoms with Crippen molar-refractivity contribution in [1.82, 2.24) is 19.4 Å². The molecule has 210 valence electrons. The fraction of sp³-hybridized carbons (Fsp3) is 0.667. The molecule has 0 spiro atoms. The van der Waals surface area contributed by atoms with Crippen LogP contribution in [-0.4, -0.2) is 56.2 Å². The number of carboxylic acid groups (broad SMARTS) is 1. The second-order valence-corrected chi connectivity index (χ2v) is 12.5. The number of nitrogens with one attached hydrogen (secondary N) is 1. The number of benzene rings is 1. The van der Waals surface area contributed by atoms with Crippen LogP contribution in [-0.2, 0) is 16.1 Å². The average Bonchev–Trinajstić information content (AvgIpc) is 2.90. The maximum absolute atomic E-state index is 14.0. The predicted octanol–water partition coefficient (Wildman–Crippen LogP) is 3.14. The molecule has 2 saturated heterocycles. The van der Waals surface area contributed by atoms with Gasteiger partial charge < -0.3 is 10.4 Å². The van der Waals surface area contributed by atoms with Gasteiger partial charge in [-0.05, 0) is 68.4 Å². The first-order valence-corrected chi connectivity index (χ1v) is 14.9. The van der Waals surface area contributed by atoms with Gasteiger partial charge in [0.15, 0.2) is 0 Å². The Kier molecular flexibility index (Phi) is 7.35. The molecule has 2 aliphatic heterocycles. The Morgan fingerprint density at radius 3 is 2.41 bits per heavy atom. The van der Waals surface area contributed by atoms with E-state index in [0.29, 0.717) is 23.0 Å². The minimum absolute atomic E-state index is 0.201. The first-order chi connectivity index (χ1) is 18.9. The van der Waals surface area contributed by atoms with Gasteiger partial charge in [0.2, 0.25) is 5.91 Å². The summed E-state index contributed by atoms with van der Waals surface area (Å²) in [6, 6.07) is 7.69. The highest BCUT2D eigenvalue weighted by atomic mass is 16.4. The molecule has 9 heteroatoms. The average molecular weight is 537 g/mol. The standard InChI is InChI=1S/C30H40N4O5/c35-27(31-16-28(36)37)18-33-25-11-4-3-10-24(25)29(38)34(30(33)39)26-15-22-9-2-1-8-21(26)17-32(22)23-13-19-6-5-7-20(12-19)14-23/h3-4,10-11,19-23,26H,1-2,5-9,12-18H2,(H,31,35)(H,36,37). The Morgan fingerprint density at radius 1 is 0.897 bits per heavy atom. The summed E-state index contributed by atoms with van der Waals surface area (Å²) < 4.78 is 2.79. The lowest BCUT2D eigenvalue weighted by atomic mass is 9.68. The second kappa shape index (κ2) is 10.9. The number of aromatic nitrogens is 2. The van der Waals surface area contributed by atoms with E-state index < -0.39 is 24.1 Å². The molecule has 3 heterocycles. The molecule has 9 nitrogen and oxygen atoms in total. The molecule has 1 aromatic heterocycles. The van der Waals surface area contributed by atoms with Gasteiger partial charge in [0.05, 0.1) is 10.9 Å². The quantitative estimate of drug-likeness (QED) is 0.587. The van der Waals surface area contributed by atoms with Gasteiger partial charge >= 0.3 is 11.7 Å². The van der Waals surface area contributed by atoms with Crippen LogP contribution in [0, 0.1) is 17.8 Å². The highest BCUT2D eigenvalue weighted by Crippen LogP contribution is 2.46. The Labute approximate surface area is 228 Å². The molecule has 3 aliphatic carbocycles. The van der Waals surface area contributed by atoms with E-state index >= 15 is 0 Å². The zero-order valence-corrected chi connectivity index (χ0v) is 22.6. The van der Waals surface area contributed by atoms with Crippen molar-refractivity contribution >= 4 is 22.8 Å². The second-order valence-electron chi connectivity index (χ2n) is 12.5. The molecule has 7 rings (SSSR count). The summed E-state index contributed by atoms with van der Waals surface area (Å²) in [5.41, 5.74) is -0.354. The molecule has 0 radical (unpaired) electrons. The van der Waals surface area contributed by atoms with Crippen LogP contribution in [0.4, 0.5) is 0 Å². The highest BCUT2D eigenvalue weighted by Gasteiger charge is 2.44. The zero-order chi connectivity index (χ0) is 27.1. The van der Waals surface area contributed by atoms with E-state index in [1.807, 2.05) is 0 Å². The Hall–Kier alpha value is -2.94. The van der Waals surface area contributed by atoms with Gasteiger partial charge in [0.25, 0.3) is 5.56 Å². The van der Waals surface area contributed by atoms with Gasteiger partial charge in [-0.1, -0.05) is 44.2 Å². The van der Waals surface area contributed by atoms with Crippen LogP contribution in [0.3, 0.4) is 0 Å². The van der Waals surface area contributed by atoms with Gasteiger partial charge in [-0.15, -0.1) is 0 Å². The van der Waals surface area contributed by atoms with E-state index in [2.05, 4.69) is 10.2 Å².